The molecule has 0 aliphatic rings. The lowest BCUT2D eigenvalue weighted by molar-refractivity contribution is 0.263. The Hall–Kier alpha value is -1.64. The van der Waals surface area contributed by atoms with E-state index in [1.54, 1.807) is 0 Å². The largest absolute Gasteiger partial charge is 0.313 e. The number of benzene rings is 2. The van der Waals surface area contributed by atoms with E-state index in [1.807, 2.05) is 7.05 Å². The summed E-state index contributed by atoms with van der Waals surface area (Å²) < 4.78 is 0. The molecule has 0 aliphatic carbocycles. The van der Waals surface area contributed by atoms with E-state index < -0.39 is 0 Å². The molecule has 0 aliphatic heterocycles. The Morgan fingerprint density at radius 2 is 1.57 bits per heavy atom. The van der Waals surface area contributed by atoms with Crippen molar-refractivity contribution in [2.75, 3.05) is 20.1 Å². The number of rotatable bonds is 8. The van der Waals surface area contributed by atoms with Crippen LogP contribution in [-0.2, 0) is 6.54 Å². The van der Waals surface area contributed by atoms with Gasteiger partial charge in [-0.1, -0.05) is 67.6 Å². The van der Waals surface area contributed by atoms with Gasteiger partial charge in [-0.15, -0.1) is 0 Å². The lowest BCUT2D eigenvalue weighted by Gasteiger charge is -2.24. The molecule has 0 radical (unpaired) electrons. The molecular weight excluding hydrogens is 256 g/mol. The van der Waals surface area contributed by atoms with Crippen molar-refractivity contribution >= 4 is 0 Å². The molecule has 0 spiro atoms. The van der Waals surface area contributed by atoms with Crippen LogP contribution in [0.5, 0.6) is 0 Å². The van der Waals surface area contributed by atoms with Gasteiger partial charge in [0.05, 0.1) is 0 Å². The predicted octanol–water partition coefficient (Wildman–Crippen LogP) is 3.86. The Kier molecular flexibility index (Phi) is 6.45. The highest BCUT2D eigenvalue weighted by Crippen LogP contribution is 2.17. The second-order valence-corrected chi connectivity index (χ2v) is 5.39. The maximum atomic E-state index is 3.43. The van der Waals surface area contributed by atoms with Crippen molar-refractivity contribution in [3.8, 4) is 0 Å². The molecule has 2 aromatic rings. The Morgan fingerprint density at radius 3 is 2.14 bits per heavy atom. The molecular formula is C19H26N2. The van der Waals surface area contributed by atoms with Gasteiger partial charge in [-0.2, -0.15) is 0 Å². The zero-order chi connectivity index (χ0) is 14.9. The van der Waals surface area contributed by atoms with Gasteiger partial charge in [-0.05, 0) is 31.1 Å². The van der Waals surface area contributed by atoms with Crippen LogP contribution in [0, 0.1) is 0 Å². The van der Waals surface area contributed by atoms with E-state index in [0.717, 1.165) is 26.1 Å². The summed E-state index contributed by atoms with van der Waals surface area (Å²) in [6, 6.07) is 21.8. The third-order valence-electron chi connectivity index (χ3n) is 3.98. The van der Waals surface area contributed by atoms with E-state index in [4.69, 9.17) is 0 Å². The van der Waals surface area contributed by atoms with Gasteiger partial charge < -0.3 is 5.32 Å². The number of hydrogen-bond acceptors (Lipinski definition) is 2. The fourth-order valence-corrected chi connectivity index (χ4v) is 2.67. The summed E-state index contributed by atoms with van der Waals surface area (Å²) in [5, 5.41) is 3.43. The van der Waals surface area contributed by atoms with Crippen molar-refractivity contribution < 1.29 is 0 Å². The van der Waals surface area contributed by atoms with E-state index in [1.165, 1.54) is 11.1 Å². The molecule has 0 saturated heterocycles. The molecule has 2 rings (SSSR count). The zero-order valence-electron chi connectivity index (χ0n) is 13.1. The van der Waals surface area contributed by atoms with Gasteiger partial charge in [-0.3, -0.25) is 4.90 Å². The minimum absolute atomic E-state index is 0.427. The average Bonchev–Trinajstić information content (AvgIpc) is 2.56. The number of nitrogens with zero attached hydrogens (tertiary/aromatic N) is 1. The van der Waals surface area contributed by atoms with Gasteiger partial charge in [0.1, 0.15) is 0 Å². The molecule has 2 nitrogen and oxygen atoms in total. The maximum Gasteiger partial charge on any atom is 0.0329 e. The predicted molar refractivity (Wildman–Crippen MR) is 90.3 cm³/mol. The Morgan fingerprint density at radius 1 is 0.952 bits per heavy atom. The fraction of sp³-hybridized carbons (Fsp3) is 0.368. The van der Waals surface area contributed by atoms with Crippen LogP contribution in [-0.4, -0.2) is 25.0 Å². The molecule has 0 saturated carbocycles. The molecule has 0 aromatic heterocycles. The van der Waals surface area contributed by atoms with Crippen LogP contribution in [0.25, 0.3) is 0 Å². The second-order valence-electron chi connectivity index (χ2n) is 5.39. The van der Waals surface area contributed by atoms with Crippen LogP contribution >= 0.6 is 0 Å². The molecule has 0 heterocycles. The van der Waals surface area contributed by atoms with E-state index in [9.17, 15) is 0 Å². The molecule has 0 bridgehead atoms. The molecule has 0 fully saturated rings. The lowest BCUT2D eigenvalue weighted by atomic mass is 10.0. The summed E-state index contributed by atoms with van der Waals surface area (Å²) in [6.45, 7) is 5.45. The van der Waals surface area contributed by atoms with Crippen molar-refractivity contribution in [2.45, 2.75) is 25.9 Å². The highest BCUT2D eigenvalue weighted by atomic mass is 15.1. The highest BCUT2D eigenvalue weighted by molar-refractivity contribution is 5.19. The number of nitrogens with one attached hydrogen (secondary N) is 1. The molecule has 2 heteroatoms. The van der Waals surface area contributed by atoms with E-state index >= 15 is 0 Å². The maximum absolute atomic E-state index is 3.43. The van der Waals surface area contributed by atoms with Crippen molar-refractivity contribution in [2.24, 2.45) is 0 Å². The van der Waals surface area contributed by atoms with E-state index in [0.29, 0.717) is 6.04 Å². The van der Waals surface area contributed by atoms with Crippen molar-refractivity contribution in [1.29, 1.82) is 0 Å². The topological polar surface area (TPSA) is 15.3 Å². The molecule has 2 aromatic carbocycles. The van der Waals surface area contributed by atoms with Gasteiger partial charge in [0.25, 0.3) is 0 Å². The van der Waals surface area contributed by atoms with Crippen LogP contribution in [0.15, 0.2) is 60.7 Å². The molecule has 0 amide bonds. The quantitative estimate of drug-likeness (QED) is 0.791. The monoisotopic (exact) mass is 282 g/mol. The van der Waals surface area contributed by atoms with Gasteiger partial charge in [0.2, 0.25) is 0 Å². The molecule has 1 N–H and O–H groups in total. The molecule has 1 atom stereocenters. The van der Waals surface area contributed by atoms with Crippen molar-refractivity contribution in [3.63, 3.8) is 0 Å². The smallest absolute Gasteiger partial charge is 0.0329 e. The van der Waals surface area contributed by atoms with Gasteiger partial charge in [0, 0.05) is 19.1 Å². The first-order valence-electron chi connectivity index (χ1n) is 7.82. The van der Waals surface area contributed by atoms with Crippen LogP contribution in [0.1, 0.15) is 30.5 Å². The summed E-state index contributed by atoms with van der Waals surface area (Å²) in [5.41, 5.74) is 2.76. The third-order valence-corrected chi connectivity index (χ3v) is 3.98. The summed E-state index contributed by atoms with van der Waals surface area (Å²) >= 11 is 0. The number of hydrogen-bond donors (Lipinski definition) is 1. The first-order valence-corrected chi connectivity index (χ1v) is 7.82. The third kappa shape index (κ3) is 5.00. The van der Waals surface area contributed by atoms with Crippen LogP contribution < -0.4 is 5.32 Å². The van der Waals surface area contributed by atoms with Crippen molar-refractivity contribution in [3.05, 3.63) is 71.8 Å². The first kappa shape index (κ1) is 15.7. The van der Waals surface area contributed by atoms with Crippen LogP contribution in [0.4, 0.5) is 0 Å². The molecule has 112 valence electrons. The summed E-state index contributed by atoms with van der Waals surface area (Å²) in [6.07, 6.45) is 1.13. The Balaban J connectivity index is 1.90. The minimum Gasteiger partial charge on any atom is -0.313 e. The van der Waals surface area contributed by atoms with E-state index in [2.05, 4.69) is 77.8 Å². The average molecular weight is 282 g/mol. The lowest BCUT2D eigenvalue weighted by Crippen LogP contribution is -2.28. The van der Waals surface area contributed by atoms with Crippen LogP contribution in [0.2, 0.25) is 0 Å². The highest BCUT2D eigenvalue weighted by Gasteiger charge is 2.11. The Labute approximate surface area is 128 Å². The first-order chi connectivity index (χ1) is 10.3. The Bertz CT molecular complexity index is 495. The summed E-state index contributed by atoms with van der Waals surface area (Å²) in [4.78, 5) is 2.50. The minimum atomic E-state index is 0.427. The normalized spacial score (nSPS) is 12.5. The van der Waals surface area contributed by atoms with Gasteiger partial charge in [-0.25, -0.2) is 0 Å². The SMILES string of the molecule is CCN(CCC(NC)c1ccccc1)Cc1ccccc1. The summed E-state index contributed by atoms with van der Waals surface area (Å²) in [5.74, 6) is 0. The fourth-order valence-electron chi connectivity index (χ4n) is 2.67. The summed E-state index contributed by atoms with van der Waals surface area (Å²) in [7, 11) is 2.05. The zero-order valence-corrected chi connectivity index (χ0v) is 13.1. The van der Waals surface area contributed by atoms with Crippen molar-refractivity contribution in [1.82, 2.24) is 10.2 Å². The van der Waals surface area contributed by atoms with Gasteiger partial charge in [0.15, 0.2) is 0 Å². The van der Waals surface area contributed by atoms with Gasteiger partial charge >= 0.3 is 0 Å². The van der Waals surface area contributed by atoms with E-state index in [-0.39, 0.29) is 0 Å². The molecule has 1 unspecified atom stereocenters. The van der Waals surface area contributed by atoms with Crippen LogP contribution in [0.3, 0.4) is 0 Å². The standard InChI is InChI=1S/C19H26N2/c1-3-21(16-17-10-6-4-7-11-17)15-14-19(20-2)18-12-8-5-9-13-18/h4-13,19-20H,3,14-16H2,1-2H3. The molecule has 21 heavy (non-hydrogen) atoms. The second kappa shape index (κ2) is 8.60.